The first kappa shape index (κ1) is 10.4. The van der Waals surface area contributed by atoms with E-state index in [9.17, 15) is 0 Å². The Balaban J connectivity index is 2.51. The van der Waals surface area contributed by atoms with E-state index in [1.807, 2.05) is 13.0 Å². The van der Waals surface area contributed by atoms with Gasteiger partial charge in [0.1, 0.15) is 11.6 Å². The molecule has 0 spiro atoms. The summed E-state index contributed by atoms with van der Waals surface area (Å²) in [6, 6.07) is 3.55. The molecule has 1 heterocycles. The highest BCUT2D eigenvalue weighted by Crippen LogP contribution is 2.14. The van der Waals surface area contributed by atoms with Crippen LogP contribution in [0.1, 0.15) is 13.3 Å². The van der Waals surface area contributed by atoms with Crippen LogP contribution in [0, 0.1) is 0 Å². The van der Waals surface area contributed by atoms with Gasteiger partial charge in [-0.15, -0.1) is 6.58 Å². The zero-order chi connectivity index (χ0) is 10.6. The van der Waals surface area contributed by atoms with Crippen LogP contribution in [0.4, 0.5) is 17.3 Å². The molecular weight excluding hydrogens is 176 g/mol. The quantitative estimate of drug-likeness (QED) is 0.633. The minimum absolute atomic E-state index is 0.366. The molecule has 0 bridgehead atoms. The van der Waals surface area contributed by atoms with E-state index in [1.54, 1.807) is 6.07 Å². The van der Waals surface area contributed by atoms with Crippen LogP contribution in [0.3, 0.4) is 0 Å². The highest BCUT2D eigenvalue weighted by Gasteiger charge is 1.97. The number of nitrogens with zero attached hydrogens (tertiary/aromatic N) is 1. The molecular formula is C10H16N4. The van der Waals surface area contributed by atoms with Gasteiger partial charge >= 0.3 is 0 Å². The summed E-state index contributed by atoms with van der Waals surface area (Å²) in [6.45, 7) is 6.62. The molecule has 0 fully saturated rings. The van der Waals surface area contributed by atoms with Crippen LogP contribution in [0.2, 0.25) is 0 Å². The van der Waals surface area contributed by atoms with E-state index in [0.717, 1.165) is 24.4 Å². The van der Waals surface area contributed by atoms with Gasteiger partial charge in [0.15, 0.2) is 0 Å². The molecule has 4 heteroatoms. The van der Waals surface area contributed by atoms with Crippen molar-refractivity contribution in [3.8, 4) is 0 Å². The van der Waals surface area contributed by atoms with E-state index in [-0.39, 0.29) is 0 Å². The summed E-state index contributed by atoms with van der Waals surface area (Å²) >= 11 is 0. The summed E-state index contributed by atoms with van der Waals surface area (Å²) in [6.07, 6.45) is 0.923. The number of rotatable bonds is 4. The summed E-state index contributed by atoms with van der Waals surface area (Å²) in [4.78, 5) is 4.08. The molecule has 0 unspecified atom stereocenters. The zero-order valence-electron chi connectivity index (χ0n) is 8.38. The average Bonchev–Trinajstić information content (AvgIpc) is 2.10. The molecule has 0 amide bonds. The van der Waals surface area contributed by atoms with Crippen molar-refractivity contribution >= 4 is 17.3 Å². The molecule has 4 nitrogen and oxygen atoms in total. The number of hydrogen-bond acceptors (Lipinski definition) is 4. The third-order valence-electron chi connectivity index (χ3n) is 1.82. The standard InChI is InChI=1S/C10H16N4/c1-7(2)5-6-13-9-4-3-8(11)10(12)14-9/h3-4H,1,5-6,11H2,2H3,(H3,12,13,14). The summed E-state index contributed by atoms with van der Waals surface area (Å²) in [7, 11) is 0. The molecule has 0 aliphatic carbocycles. The molecule has 5 N–H and O–H groups in total. The highest BCUT2D eigenvalue weighted by atomic mass is 15.0. The molecule has 0 radical (unpaired) electrons. The second kappa shape index (κ2) is 4.50. The fourth-order valence-electron chi connectivity index (χ4n) is 0.988. The minimum atomic E-state index is 0.366. The largest absolute Gasteiger partial charge is 0.396 e. The van der Waals surface area contributed by atoms with Gasteiger partial charge in [-0.2, -0.15) is 0 Å². The van der Waals surface area contributed by atoms with Crippen molar-refractivity contribution in [3.05, 3.63) is 24.3 Å². The molecule has 1 aromatic rings. The Morgan fingerprint density at radius 1 is 1.50 bits per heavy atom. The smallest absolute Gasteiger partial charge is 0.149 e. The number of hydrogen-bond donors (Lipinski definition) is 3. The molecule has 76 valence electrons. The van der Waals surface area contributed by atoms with Crippen molar-refractivity contribution in [2.75, 3.05) is 23.3 Å². The minimum Gasteiger partial charge on any atom is -0.396 e. The average molecular weight is 192 g/mol. The lowest BCUT2D eigenvalue weighted by Gasteiger charge is -2.06. The van der Waals surface area contributed by atoms with Crippen molar-refractivity contribution in [2.24, 2.45) is 0 Å². The van der Waals surface area contributed by atoms with Gasteiger partial charge in [-0.3, -0.25) is 0 Å². The van der Waals surface area contributed by atoms with Crippen LogP contribution in [0.5, 0.6) is 0 Å². The van der Waals surface area contributed by atoms with Gasteiger partial charge < -0.3 is 16.8 Å². The Hall–Kier alpha value is -1.71. The van der Waals surface area contributed by atoms with Crippen molar-refractivity contribution < 1.29 is 0 Å². The van der Waals surface area contributed by atoms with Gasteiger partial charge in [0.05, 0.1) is 5.69 Å². The molecule has 14 heavy (non-hydrogen) atoms. The Kier molecular flexibility index (Phi) is 3.34. The SMILES string of the molecule is C=C(C)CCNc1ccc(N)c(N)n1. The third-order valence-corrected chi connectivity index (χ3v) is 1.82. The Morgan fingerprint density at radius 3 is 2.79 bits per heavy atom. The number of pyridine rings is 1. The van der Waals surface area contributed by atoms with Gasteiger partial charge in [-0.25, -0.2) is 4.98 Å². The number of nitrogens with two attached hydrogens (primary N) is 2. The fraction of sp³-hybridized carbons (Fsp3) is 0.300. The van der Waals surface area contributed by atoms with Crippen molar-refractivity contribution in [2.45, 2.75) is 13.3 Å². The van der Waals surface area contributed by atoms with E-state index < -0.39 is 0 Å². The molecule has 0 saturated carbocycles. The van der Waals surface area contributed by atoms with Crippen LogP contribution in [-0.4, -0.2) is 11.5 Å². The van der Waals surface area contributed by atoms with Gasteiger partial charge in [0, 0.05) is 6.54 Å². The predicted octanol–water partition coefficient (Wildman–Crippen LogP) is 1.62. The molecule has 0 saturated heterocycles. The second-order valence-electron chi connectivity index (χ2n) is 3.30. The molecule has 1 rings (SSSR count). The number of nitrogen functional groups attached to an aromatic ring is 2. The third kappa shape index (κ3) is 2.97. The summed E-state index contributed by atoms with van der Waals surface area (Å²) in [5.41, 5.74) is 12.7. The van der Waals surface area contributed by atoms with Crippen LogP contribution in [-0.2, 0) is 0 Å². The lowest BCUT2D eigenvalue weighted by Crippen LogP contribution is -2.06. The number of anilines is 3. The van der Waals surface area contributed by atoms with E-state index in [1.165, 1.54) is 0 Å². The maximum absolute atomic E-state index is 5.56. The highest BCUT2D eigenvalue weighted by molar-refractivity contribution is 5.61. The van der Waals surface area contributed by atoms with Crippen molar-refractivity contribution in [3.63, 3.8) is 0 Å². The van der Waals surface area contributed by atoms with Gasteiger partial charge in [-0.1, -0.05) is 5.57 Å². The van der Waals surface area contributed by atoms with E-state index >= 15 is 0 Å². The fourth-order valence-corrected chi connectivity index (χ4v) is 0.988. The molecule has 0 atom stereocenters. The van der Waals surface area contributed by atoms with Crippen LogP contribution in [0.25, 0.3) is 0 Å². The van der Waals surface area contributed by atoms with E-state index in [2.05, 4.69) is 16.9 Å². The maximum Gasteiger partial charge on any atom is 0.149 e. The summed E-state index contributed by atoms with van der Waals surface area (Å²) < 4.78 is 0. The van der Waals surface area contributed by atoms with Crippen LogP contribution < -0.4 is 16.8 Å². The van der Waals surface area contributed by atoms with Crippen molar-refractivity contribution in [1.82, 2.24) is 4.98 Å². The Morgan fingerprint density at radius 2 is 2.21 bits per heavy atom. The topological polar surface area (TPSA) is 77.0 Å². The summed E-state index contributed by atoms with van der Waals surface area (Å²) in [5.74, 6) is 1.11. The lowest BCUT2D eigenvalue weighted by molar-refractivity contribution is 0.992. The first-order valence-electron chi connectivity index (χ1n) is 4.50. The Bertz CT molecular complexity index is 333. The summed E-state index contributed by atoms with van der Waals surface area (Å²) in [5, 5.41) is 3.14. The maximum atomic E-state index is 5.56. The van der Waals surface area contributed by atoms with Crippen LogP contribution in [0.15, 0.2) is 24.3 Å². The van der Waals surface area contributed by atoms with Gasteiger partial charge in [0.2, 0.25) is 0 Å². The first-order chi connectivity index (χ1) is 6.59. The molecule has 0 aliphatic heterocycles. The van der Waals surface area contributed by atoms with Crippen LogP contribution >= 0.6 is 0 Å². The predicted molar refractivity (Wildman–Crippen MR) is 61.0 cm³/mol. The molecule has 0 aromatic carbocycles. The zero-order valence-corrected chi connectivity index (χ0v) is 8.38. The lowest BCUT2D eigenvalue weighted by atomic mass is 10.2. The molecule has 1 aromatic heterocycles. The van der Waals surface area contributed by atoms with E-state index in [4.69, 9.17) is 11.5 Å². The van der Waals surface area contributed by atoms with E-state index in [0.29, 0.717) is 11.5 Å². The first-order valence-corrected chi connectivity index (χ1v) is 4.50. The normalized spacial score (nSPS) is 9.79. The Labute approximate surface area is 84.0 Å². The van der Waals surface area contributed by atoms with Gasteiger partial charge in [-0.05, 0) is 25.5 Å². The van der Waals surface area contributed by atoms with Gasteiger partial charge in [0.25, 0.3) is 0 Å². The number of nitrogens with one attached hydrogen (secondary N) is 1. The second-order valence-corrected chi connectivity index (χ2v) is 3.30. The molecule has 0 aliphatic rings. The number of aromatic nitrogens is 1. The monoisotopic (exact) mass is 192 g/mol. The van der Waals surface area contributed by atoms with Crippen molar-refractivity contribution in [1.29, 1.82) is 0 Å².